The van der Waals surface area contributed by atoms with Gasteiger partial charge in [0.2, 0.25) is 0 Å². The average Bonchev–Trinajstić information content (AvgIpc) is 2.44. The SMILES string of the molecule is COCCOCCCN1CCCCC1CNCC(C)C. The minimum atomic E-state index is 0.700. The molecular weight excluding hydrogens is 252 g/mol. The molecule has 1 atom stereocenters. The van der Waals surface area contributed by atoms with Crippen LogP contribution in [0.4, 0.5) is 0 Å². The molecule has 0 aliphatic carbocycles. The Bertz CT molecular complexity index is 225. The van der Waals surface area contributed by atoms with Gasteiger partial charge in [-0.05, 0) is 38.3 Å². The molecule has 0 aromatic rings. The van der Waals surface area contributed by atoms with Crippen LogP contribution >= 0.6 is 0 Å². The third-order valence-corrected chi connectivity index (χ3v) is 3.85. The van der Waals surface area contributed by atoms with Crippen LogP contribution in [-0.4, -0.2) is 64.1 Å². The molecule has 1 aliphatic heterocycles. The average molecular weight is 286 g/mol. The third kappa shape index (κ3) is 8.20. The van der Waals surface area contributed by atoms with E-state index in [2.05, 4.69) is 24.1 Å². The molecule has 0 spiro atoms. The van der Waals surface area contributed by atoms with Gasteiger partial charge in [-0.1, -0.05) is 20.3 Å². The number of ether oxygens (including phenoxy) is 2. The molecule has 0 bridgehead atoms. The second kappa shape index (κ2) is 11.5. The molecule has 0 amide bonds. The fourth-order valence-corrected chi connectivity index (χ4v) is 2.74. The topological polar surface area (TPSA) is 33.7 Å². The van der Waals surface area contributed by atoms with Crippen molar-refractivity contribution in [3.63, 3.8) is 0 Å². The molecule has 4 heteroatoms. The molecule has 0 radical (unpaired) electrons. The van der Waals surface area contributed by atoms with Crippen molar-refractivity contribution in [1.82, 2.24) is 10.2 Å². The van der Waals surface area contributed by atoms with Crippen LogP contribution in [0.5, 0.6) is 0 Å². The van der Waals surface area contributed by atoms with Crippen molar-refractivity contribution in [3.8, 4) is 0 Å². The van der Waals surface area contributed by atoms with E-state index in [1.807, 2.05) is 0 Å². The van der Waals surface area contributed by atoms with Crippen molar-refractivity contribution in [2.75, 3.05) is 53.1 Å². The Labute approximate surface area is 125 Å². The molecule has 1 aliphatic rings. The number of hydrogen-bond donors (Lipinski definition) is 1. The summed E-state index contributed by atoms with van der Waals surface area (Å²) in [7, 11) is 1.71. The van der Waals surface area contributed by atoms with Crippen LogP contribution in [0.3, 0.4) is 0 Å². The van der Waals surface area contributed by atoms with Crippen molar-refractivity contribution in [2.24, 2.45) is 5.92 Å². The number of hydrogen-bond acceptors (Lipinski definition) is 4. The van der Waals surface area contributed by atoms with Gasteiger partial charge in [0, 0.05) is 32.8 Å². The van der Waals surface area contributed by atoms with Gasteiger partial charge in [0.1, 0.15) is 0 Å². The van der Waals surface area contributed by atoms with Crippen molar-refractivity contribution in [1.29, 1.82) is 0 Å². The van der Waals surface area contributed by atoms with Gasteiger partial charge in [-0.3, -0.25) is 4.90 Å². The predicted molar refractivity (Wildman–Crippen MR) is 84.2 cm³/mol. The Hall–Kier alpha value is -0.160. The highest BCUT2D eigenvalue weighted by Crippen LogP contribution is 2.16. The summed E-state index contributed by atoms with van der Waals surface area (Å²) in [5, 5.41) is 3.61. The largest absolute Gasteiger partial charge is 0.382 e. The fraction of sp³-hybridized carbons (Fsp3) is 1.00. The van der Waals surface area contributed by atoms with Crippen LogP contribution in [0.1, 0.15) is 39.5 Å². The van der Waals surface area contributed by atoms with Crippen LogP contribution in [0, 0.1) is 5.92 Å². The lowest BCUT2D eigenvalue weighted by atomic mass is 10.0. The minimum Gasteiger partial charge on any atom is -0.382 e. The second-order valence-corrected chi connectivity index (χ2v) is 6.20. The van der Waals surface area contributed by atoms with Gasteiger partial charge >= 0.3 is 0 Å². The fourth-order valence-electron chi connectivity index (χ4n) is 2.74. The summed E-state index contributed by atoms with van der Waals surface area (Å²) in [5.41, 5.74) is 0. The van der Waals surface area contributed by atoms with E-state index in [0.29, 0.717) is 6.61 Å². The Kier molecular flexibility index (Phi) is 10.3. The van der Waals surface area contributed by atoms with E-state index in [9.17, 15) is 0 Å². The van der Waals surface area contributed by atoms with E-state index >= 15 is 0 Å². The summed E-state index contributed by atoms with van der Waals surface area (Å²) >= 11 is 0. The summed E-state index contributed by atoms with van der Waals surface area (Å²) in [6, 6.07) is 0.724. The van der Waals surface area contributed by atoms with Gasteiger partial charge in [-0.15, -0.1) is 0 Å². The summed E-state index contributed by atoms with van der Waals surface area (Å²) in [5.74, 6) is 0.737. The van der Waals surface area contributed by atoms with E-state index in [1.165, 1.54) is 32.4 Å². The minimum absolute atomic E-state index is 0.700. The maximum absolute atomic E-state index is 5.55. The van der Waals surface area contributed by atoms with E-state index < -0.39 is 0 Å². The van der Waals surface area contributed by atoms with Gasteiger partial charge < -0.3 is 14.8 Å². The Balaban J connectivity index is 2.12. The Morgan fingerprint density at radius 3 is 2.80 bits per heavy atom. The quantitative estimate of drug-likeness (QED) is 0.590. The maximum atomic E-state index is 5.55. The maximum Gasteiger partial charge on any atom is 0.0700 e. The lowest BCUT2D eigenvalue weighted by Crippen LogP contribution is -2.46. The number of methoxy groups -OCH3 is 1. The smallest absolute Gasteiger partial charge is 0.0700 e. The lowest BCUT2D eigenvalue weighted by molar-refractivity contribution is 0.0593. The molecule has 20 heavy (non-hydrogen) atoms. The first-order valence-corrected chi connectivity index (χ1v) is 8.25. The van der Waals surface area contributed by atoms with Crippen molar-refractivity contribution >= 4 is 0 Å². The van der Waals surface area contributed by atoms with Gasteiger partial charge in [0.15, 0.2) is 0 Å². The number of likely N-dealkylation sites (tertiary alicyclic amines) is 1. The lowest BCUT2D eigenvalue weighted by Gasteiger charge is -2.36. The molecular formula is C16H34N2O2. The monoisotopic (exact) mass is 286 g/mol. The first-order valence-electron chi connectivity index (χ1n) is 8.25. The molecule has 1 N–H and O–H groups in total. The zero-order valence-electron chi connectivity index (χ0n) is 13.7. The summed E-state index contributed by atoms with van der Waals surface area (Å²) in [6.07, 6.45) is 5.21. The van der Waals surface area contributed by atoms with E-state index in [4.69, 9.17) is 9.47 Å². The zero-order chi connectivity index (χ0) is 14.6. The zero-order valence-corrected chi connectivity index (χ0v) is 13.7. The number of nitrogens with one attached hydrogen (secondary N) is 1. The summed E-state index contributed by atoms with van der Waals surface area (Å²) < 4.78 is 10.5. The molecule has 120 valence electrons. The molecule has 1 fully saturated rings. The van der Waals surface area contributed by atoms with Crippen molar-refractivity contribution < 1.29 is 9.47 Å². The van der Waals surface area contributed by atoms with Crippen LogP contribution in [0.15, 0.2) is 0 Å². The Morgan fingerprint density at radius 1 is 1.20 bits per heavy atom. The summed E-state index contributed by atoms with van der Waals surface area (Å²) in [4.78, 5) is 2.65. The normalized spacial score (nSPS) is 20.7. The van der Waals surface area contributed by atoms with Gasteiger partial charge in [-0.25, -0.2) is 0 Å². The van der Waals surface area contributed by atoms with Gasteiger partial charge in [-0.2, -0.15) is 0 Å². The highest BCUT2D eigenvalue weighted by Gasteiger charge is 2.21. The standard InChI is InChI=1S/C16H34N2O2/c1-15(2)13-17-14-16-7-4-5-8-18(16)9-6-10-20-12-11-19-3/h15-17H,4-14H2,1-3H3. The second-order valence-electron chi connectivity index (χ2n) is 6.20. The summed E-state index contributed by atoms with van der Waals surface area (Å²) in [6.45, 7) is 11.5. The predicted octanol–water partition coefficient (Wildman–Crippen LogP) is 2.14. The number of rotatable bonds is 11. The molecule has 0 aromatic carbocycles. The first kappa shape index (κ1) is 17.9. The Morgan fingerprint density at radius 2 is 2.05 bits per heavy atom. The molecule has 0 saturated carbocycles. The van der Waals surface area contributed by atoms with Gasteiger partial charge in [0.25, 0.3) is 0 Å². The van der Waals surface area contributed by atoms with Crippen LogP contribution < -0.4 is 5.32 Å². The molecule has 1 heterocycles. The highest BCUT2D eigenvalue weighted by atomic mass is 16.5. The molecule has 1 unspecified atom stereocenters. The van der Waals surface area contributed by atoms with Crippen LogP contribution in [0.25, 0.3) is 0 Å². The first-order chi connectivity index (χ1) is 9.74. The van der Waals surface area contributed by atoms with E-state index in [-0.39, 0.29) is 0 Å². The van der Waals surface area contributed by atoms with Crippen LogP contribution in [0.2, 0.25) is 0 Å². The highest BCUT2D eigenvalue weighted by molar-refractivity contribution is 4.78. The third-order valence-electron chi connectivity index (χ3n) is 3.85. The molecule has 1 rings (SSSR count). The number of nitrogens with zero attached hydrogens (tertiary/aromatic N) is 1. The van der Waals surface area contributed by atoms with E-state index in [1.54, 1.807) is 7.11 Å². The van der Waals surface area contributed by atoms with Crippen molar-refractivity contribution in [2.45, 2.75) is 45.6 Å². The van der Waals surface area contributed by atoms with Crippen molar-refractivity contribution in [3.05, 3.63) is 0 Å². The van der Waals surface area contributed by atoms with Gasteiger partial charge in [0.05, 0.1) is 13.2 Å². The van der Waals surface area contributed by atoms with Crippen LogP contribution in [-0.2, 0) is 9.47 Å². The molecule has 0 aromatic heterocycles. The molecule has 4 nitrogen and oxygen atoms in total. The van der Waals surface area contributed by atoms with E-state index in [0.717, 1.165) is 44.7 Å². The number of piperidine rings is 1. The molecule has 1 saturated heterocycles.